The summed E-state index contributed by atoms with van der Waals surface area (Å²) >= 11 is 1.83. The first-order valence-corrected chi connectivity index (χ1v) is 9.85. The quantitative estimate of drug-likeness (QED) is 0.829. The number of ether oxygens (including phenoxy) is 2. The predicted molar refractivity (Wildman–Crippen MR) is 92.9 cm³/mol. The maximum Gasteiger partial charge on any atom is 0.223 e. The van der Waals surface area contributed by atoms with E-state index in [0.29, 0.717) is 37.4 Å². The number of rotatable bonds is 4. The molecule has 4 rings (SSSR count). The van der Waals surface area contributed by atoms with Crippen molar-refractivity contribution in [3.05, 3.63) is 22.4 Å². The molecule has 132 valence electrons. The molecule has 0 saturated carbocycles. The molecule has 0 N–H and O–H groups in total. The summed E-state index contributed by atoms with van der Waals surface area (Å²) in [6.07, 6.45) is 0.633. The maximum atomic E-state index is 12.6. The average molecular weight is 350 g/mol. The van der Waals surface area contributed by atoms with Crippen molar-refractivity contribution in [2.24, 2.45) is 17.8 Å². The summed E-state index contributed by atoms with van der Waals surface area (Å²) in [5, 5.41) is 2.14. The largest absolute Gasteiger partial charge is 0.381 e. The molecule has 3 aliphatic heterocycles. The highest BCUT2D eigenvalue weighted by atomic mass is 32.1. The minimum Gasteiger partial charge on any atom is -0.381 e. The van der Waals surface area contributed by atoms with Gasteiger partial charge in [-0.3, -0.25) is 9.69 Å². The van der Waals surface area contributed by atoms with Crippen LogP contribution in [0.4, 0.5) is 0 Å². The van der Waals surface area contributed by atoms with Crippen LogP contribution in [0.1, 0.15) is 11.3 Å². The minimum absolute atomic E-state index is 0.282. The van der Waals surface area contributed by atoms with Gasteiger partial charge < -0.3 is 14.4 Å². The number of thiophene rings is 1. The Balaban J connectivity index is 1.35. The number of amides is 1. The van der Waals surface area contributed by atoms with Gasteiger partial charge in [0.05, 0.1) is 26.4 Å². The van der Waals surface area contributed by atoms with Crippen molar-refractivity contribution in [1.82, 2.24) is 9.80 Å². The molecule has 3 aliphatic rings. The van der Waals surface area contributed by atoms with Crippen LogP contribution in [-0.4, -0.2) is 68.3 Å². The molecule has 5 nitrogen and oxygen atoms in total. The van der Waals surface area contributed by atoms with Gasteiger partial charge >= 0.3 is 0 Å². The van der Waals surface area contributed by atoms with Crippen LogP contribution in [0.3, 0.4) is 0 Å². The molecule has 0 spiro atoms. The minimum atomic E-state index is 0.282. The highest BCUT2D eigenvalue weighted by molar-refractivity contribution is 7.09. The summed E-state index contributed by atoms with van der Waals surface area (Å²) in [6, 6.07) is 4.33. The summed E-state index contributed by atoms with van der Waals surface area (Å²) < 4.78 is 11.2. The summed E-state index contributed by atoms with van der Waals surface area (Å²) in [7, 11) is 0. The van der Waals surface area contributed by atoms with Gasteiger partial charge in [-0.25, -0.2) is 0 Å². The molecule has 0 aliphatic carbocycles. The monoisotopic (exact) mass is 350 g/mol. The Bertz CT molecular complexity index is 544. The number of nitrogens with zero attached hydrogens (tertiary/aromatic N) is 2. The summed E-state index contributed by atoms with van der Waals surface area (Å²) in [5.41, 5.74) is 0. The molecular formula is C18H26N2O3S. The van der Waals surface area contributed by atoms with E-state index < -0.39 is 0 Å². The third-order valence-electron chi connectivity index (χ3n) is 5.60. The molecule has 1 aromatic heterocycles. The first kappa shape index (κ1) is 16.5. The molecule has 0 radical (unpaired) electrons. The van der Waals surface area contributed by atoms with Crippen molar-refractivity contribution in [3.63, 3.8) is 0 Å². The lowest BCUT2D eigenvalue weighted by molar-refractivity contribution is -0.138. The van der Waals surface area contributed by atoms with E-state index in [0.717, 1.165) is 45.9 Å². The highest BCUT2D eigenvalue weighted by Crippen LogP contribution is 2.36. The van der Waals surface area contributed by atoms with Crippen molar-refractivity contribution < 1.29 is 14.3 Å². The van der Waals surface area contributed by atoms with E-state index in [4.69, 9.17) is 9.47 Å². The van der Waals surface area contributed by atoms with E-state index >= 15 is 0 Å². The van der Waals surface area contributed by atoms with Crippen molar-refractivity contribution in [2.45, 2.75) is 13.0 Å². The van der Waals surface area contributed by atoms with E-state index in [1.807, 2.05) is 16.2 Å². The Labute approximate surface area is 147 Å². The summed E-state index contributed by atoms with van der Waals surface area (Å²) in [4.78, 5) is 18.5. The van der Waals surface area contributed by atoms with E-state index in [2.05, 4.69) is 22.4 Å². The maximum absolute atomic E-state index is 12.6. The molecule has 0 bridgehead atoms. The zero-order valence-electron chi connectivity index (χ0n) is 14.1. The third-order valence-corrected chi connectivity index (χ3v) is 6.46. The molecule has 1 amide bonds. The Morgan fingerprint density at radius 2 is 2.08 bits per heavy atom. The average Bonchev–Trinajstić information content (AvgIpc) is 3.26. The number of hydrogen-bond acceptors (Lipinski definition) is 5. The van der Waals surface area contributed by atoms with Crippen molar-refractivity contribution in [2.75, 3.05) is 52.6 Å². The Morgan fingerprint density at radius 3 is 2.88 bits per heavy atom. The van der Waals surface area contributed by atoms with Crippen LogP contribution in [0.15, 0.2) is 17.5 Å². The Hall–Kier alpha value is -0.950. The van der Waals surface area contributed by atoms with Crippen LogP contribution in [0.5, 0.6) is 0 Å². The fourth-order valence-corrected chi connectivity index (χ4v) is 5.07. The fraction of sp³-hybridized carbons (Fsp3) is 0.722. The molecule has 3 atom stereocenters. The summed E-state index contributed by atoms with van der Waals surface area (Å²) in [6.45, 7) is 7.67. The molecule has 0 aromatic carbocycles. The van der Waals surface area contributed by atoms with Crippen LogP contribution in [-0.2, 0) is 20.8 Å². The highest BCUT2D eigenvalue weighted by Gasteiger charge is 2.42. The Kier molecular flexibility index (Phi) is 5.17. The van der Waals surface area contributed by atoms with Crippen molar-refractivity contribution in [3.8, 4) is 0 Å². The Morgan fingerprint density at radius 1 is 1.21 bits per heavy atom. The predicted octanol–water partition coefficient (Wildman–Crippen LogP) is 1.69. The second kappa shape index (κ2) is 7.52. The molecule has 0 unspecified atom stereocenters. The first-order chi connectivity index (χ1) is 11.8. The van der Waals surface area contributed by atoms with Gasteiger partial charge in [-0.15, -0.1) is 11.3 Å². The lowest BCUT2D eigenvalue weighted by Crippen LogP contribution is -2.44. The molecule has 1 aromatic rings. The van der Waals surface area contributed by atoms with Gasteiger partial charge in [0, 0.05) is 44.0 Å². The normalized spacial score (nSPS) is 31.2. The van der Waals surface area contributed by atoms with Crippen LogP contribution in [0, 0.1) is 17.8 Å². The topological polar surface area (TPSA) is 42.0 Å². The van der Waals surface area contributed by atoms with Gasteiger partial charge in [-0.2, -0.15) is 0 Å². The van der Waals surface area contributed by atoms with Gasteiger partial charge in [0.1, 0.15) is 0 Å². The van der Waals surface area contributed by atoms with Gasteiger partial charge in [0.2, 0.25) is 5.91 Å². The number of likely N-dealkylation sites (tertiary alicyclic amines) is 1. The second-order valence-electron chi connectivity index (χ2n) is 7.19. The molecule has 24 heavy (non-hydrogen) atoms. The smallest absolute Gasteiger partial charge is 0.223 e. The molecular weight excluding hydrogens is 324 g/mol. The SMILES string of the molecule is O=C(C[C@@H]1COC[C@H]2CN(Cc3cccs3)C[C@@H]12)N1CCOCC1. The third kappa shape index (κ3) is 3.67. The molecule has 6 heteroatoms. The number of morpholine rings is 1. The van der Waals surface area contributed by atoms with Crippen molar-refractivity contribution >= 4 is 17.2 Å². The van der Waals surface area contributed by atoms with Gasteiger partial charge in [-0.1, -0.05) is 6.07 Å². The number of carbonyl (C=O) groups excluding carboxylic acids is 1. The lowest BCUT2D eigenvalue weighted by atomic mass is 9.81. The standard InChI is InChI=1S/C18H26N2O3S/c21-18(20-3-5-22-6-4-20)8-14-12-23-13-15-9-19(11-17(14)15)10-16-2-1-7-24-16/h1-2,7,14-15,17H,3-6,8-13H2/t14-,15-,17+/m1/s1. The lowest BCUT2D eigenvalue weighted by Gasteiger charge is -2.35. The van der Waals surface area contributed by atoms with E-state index in [1.165, 1.54) is 4.88 Å². The fourth-order valence-electron chi connectivity index (χ4n) is 4.32. The zero-order chi connectivity index (χ0) is 16.4. The number of fused-ring (bicyclic) bond motifs is 1. The van der Waals surface area contributed by atoms with Crippen LogP contribution < -0.4 is 0 Å². The van der Waals surface area contributed by atoms with Crippen LogP contribution in [0.25, 0.3) is 0 Å². The molecule has 3 saturated heterocycles. The van der Waals surface area contributed by atoms with E-state index in [-0.39, 0.29) is 5.91 Å². The molecule has 3 fully saturated rings. The van der Waals surface area contributed by atoms with E-state index in [9.17, 15) is 4.79 Å². The van der Waals surface area contributed by atoms with Crippen LogP contribution in [0.2, 0.25) is 0 Å². The van der Waals surface area contributed by atoms with E-state index in [1.54, 1.807) is 0 Å². The second-order valence-corrected chi connectivity index (χ2v) is 8.22. The van der Waals surface area contributed by atoms with Crippen molar-refractivity contribution in [1.29, 1.82) is 0 Å². The molecule has 4 heterocycles. The van der Waals surface area contributed by atoms with Gasteiger partial charge in [-0.05, 0) is 29.2 Å². The van der Waals surface area contributed by atoms with Gasteiger partial charge in [0.15, 0.2) is 0 Å². The zero-order valence-corrected chi connectivity index (χ0v) is 14.9. The van der Waals surface area contributed by atoms with Crippen LogP contribution >= 0.6 is 11.3 Å². The first-order valence-electron chi connectivity index (χ1n) is 8.97. The number of carbonyl (C=O) groups is 1. The number of hydrogen-bond donors (Lipinski definition) is 0. The summed E-state index contributed by atoms with van der Waals surface area (Å²) in [5.74, 6) is 1.83. The van der Waals surface area contributed by atoms with Gasteiger partial charge in [0.25, 0.3) is 0 Å².